The second-order valence-electron chi connectivity index (χ2n) is 6.40. The van der Waals surface area contributed by atoms with E-state index < -0.39 is 6.04 Å². The maximum atomic E-state index is 13.4. The van der Waals surface area contributed by atoms with E-state index in [1.54, 1.807) is 49.5 Å². The zero-order valence-electron chi connectivity index (χ0n) is 16.2. The van der Waals surface area contributed by atoms with Crippen molar-refractivity contribution in [3.63, 3.8) is 0 Å². The Hall–Kier alpha value is -3.88. The molecule has 1 atom stereocenters. The molecule has 1 aliphatic rings. The zero-order valence-corrected chi connectivity index (χ0v) is 16.2. The van der Waals surface area contributed by atoms with E-state index in [0.717, 1.165) is 5.56 Å². The van der Waals surface area contributed by atoms with Gasteiger partial charge >= 0.3 is 0 Å². The molecule has 9 heteroatoms. The molecule has 3 aromatic rings. The highest BCUT2D eigenvalue weighted by Crippen LogP contribution is 2.36. The van der Waals surface area contributed by atoms with Crippen LogP contribution < -0.4 is 20.1 Å². The Bertz CT molecular complexity index is 1080. The molecular formula is C20H20N6O3. The van der Waals surface area contributed by atoms with Gasteiger partial charge in [0.05, 0.1) is 25.5 Å². The number of carbonyl (C=O) groups excluding carboxylic acids is 1. The van der Waals surface area contributed by atoms with Crippen LogP contribution in [0.25, 0.3) is 0 Å². The molecule has 0 spiro atoms. The first kappa shape index (κ1) is 18.5. The first-order valence-electron chi connectivity index (χ1n) is 8.93. The fourth-order valence-electron chi connectivity index (χ4n) is 3.33. The monoisotopic (exact) mass is 392 g/mol. The van der Waals surface area contributed by atoms with E-state index in [2.05, 4.69) is 25.7 Å². The van der Waals surface area contributed by atoms with Crippen molar-refractivity contribution in [3.8, 4) is 11.5 Å². The van der Waals surface area contributed by atoms with Crippen LogP contribution in [0.3, 0.4) is 0 Å². The van der Waals surface area contributed by atoms with Crippen molar-refractivity contribution in [3.05, 3.63) is 65.9 Å². The van der Waals surface area contributed by atoms with Gasteiger partial charge in [-0.3, -0.25) is 9.78 Å². The van der Waals surface area contributed by atoms with E-state index in [-0.39, 0.29) is 5.91 Å². The van der Waals surface area contributed by atoms with Gasteiger partial charge in [0, 0.05) is 24.2 Å². The number of methoxy groups -OCH3 is 2. The van der Waals surface area contributed by atoms with Crippen molar-refractivity contribution in [2.45, 2.75) is 13.0 Å². The number of pyridine rings is 1. The number of ether oxygens (including phenoxy) is 2. The average molecular weight is 392 g/mol. The summed E-state index contributed by atoms with van der Waals surface area (Å²) in [7, 11) is 3.11. The summed E-state index contributed by atoms with van der Waals surface area (Å²) in [6.07, 6.45) is 4.85. The van der Waals surface area contributed by atoms with Crippen LogP contribution in [0.5, 0.6) is 11.5 Å². The lowest BCUT2D eigenvalue weighted by atomic mass is 9.96. The van der Waals surface area contributed by atoms with E-state index >= 15 is 0 Å². The van der Waals surface area contributed by atoms with E-state index in [9.17, 15) is 4.79 Å². The van der Waals surface area contributed by atoms with E-state index in [4.69, 9.17) is 9.47 Å². The predicted molar refractivity (Wildman–Crippen MR) is 107 cm³/mol. The molecule has 0 bridgehead atoms. The minimum atomic E-state index is -0.473. The topological polar surface area (TPSA) is 103 Å². The van der Waals surface area contributed by atoms with Crippen LogP contribution in [0.4, 0.5) is 11.6 Å². The Kier molecular flexibility index (Phi) is 4.86. The third kappa shape index (κ3) is 3.38. The van der Waals surface area contributed by atoms with Crippen LogP contribution in [0.15, 0.2) is 60.3 Å². The minimum absolute atomic E-state index is 0.295. The number of allylic oxidation sites excluding steroid dienone is 1. The summed E-state index contributed by atoms with van der Waals surface area (Å²) in [6.45, 7) is 1.83. The van der Waals surface area contributed by atoms with Crippen LogP contribution in [-0.4, -0.2) is 39.9 Å². The molecule has 1 amide bonds. The maximum absolute atomic E-state index is 13.4. The van der Waals surface area contributed by atoms with Crippen molar-refractivity contribution >= 4 is 17.5 Å². The number of benzene rings is 1. The maximum Gasteiger partial charge on any atom is 0.255 e. The molecule has 2 N–H and O–H groups in total. The Balaban J connectivity index is 1.75. The van der Waals surface area contributed by atoms with Crippen LogP contribution in [-0.2, 0) is 4.79 Å². The highest BCUT2D eigenvalue weighted by atomic mass is 16.5. The average Bonchev–Trinajstić information content (AvgIpc) is 3.21. The fourth-order valence-corrected chi connectivity index (χ4v) is 3.33. The van der Waals surface area contributed by atoms with Crippen molar-refractivity contribution in [1.29, 1.82) is 0 Å². The molecule has 3 heterocycles. The molecule has 148 valence electrons. The number of hydrogen-bond acceptors (Lipinski definition) is 7. The molecule has 4 rings (SSSR count). The Morgan fingerprint density at radius 1 is 1.24 bits per heavy atom. The number of carbonyl (C=O) groups is 1. The quantitative estimate of drug-likeness (QED) is 0.688. The normalized spacial score (nSPS) is 15.3. The molecule has 0 fully saturated rings. The van der Waals surface area contributed by atoms with Crippen LogP contribution in [0.1, 0.15) is 18.5 Å². The summed E-state index contributed by atoms with van der Waals surface area (Å²) in [5.41, 5.74) is 2.51. The number of nitrogens with one attached hydrogen (secondary N) is 2. The van der Waals surface area contributed by atoms with Gasteiger partial charge < -0.3 is 20.1 Å². The predicted octanol–water partition coefficient (Wildman–Crippen LogP) is 2.62. The van der Waals surface area contributed by atoms with Gasteiger partial charge in [-0.25, -0.2) is 4.68 Å². The van der Waals surface area contributed by atoms with Crippen LogP contribution in [0.2, 0.25) is 0 Å². The number of amides is 1. The number of rotatable bonds is 5. The van der Waals surface area contributed by atoms with Crippen molar-refractivity contribution in [2.24, 2.45) is 0 Å². The lowest BCUT2D eigenvalue weighted by Crippen LogP contribution is -2.31. The van der Waals surface area contributed by atoms with Crippen LogP contribution >= 0.6 is 0 Å². The fraction of sp³-hybridized carbons (Fsp3) is 0.200. The summed E-state index contributed by atoms with van der Waals surface area (Å²) >= 11 is 0. The van der Waals surface area contributed by atoms with Crippen LogP contribution in [0, 0.1) is 0 Å². The molecule has 9 nitrogen and oxygen atoms in total. The highest BCUT2D eigenvalue weighted by Gasteiger charge is 2.33. The molecule has 0 saturated carbocycles. The number of hydrogen-bond donors (Lipinski definition) is 2. The van der Waals surface area contributed by atoms with Crippen molar-refractivity contribution < 1.29 is 14.3 Å². The largest absolute Gasteiger partial charge is 0.497 e. The lowest BCUT2D eigenvalue weighted by Gasteiger charge is -2.28. The minimum Gasteiger partial charge on any atom is -0.497 e. The van der Waals surface area contributed by atoms with E-state index in [1.807, 2.05) is 19.1 Å². The van der Waals surface area contributed by atoms with Gasteiger partial charge in [0.2, 0.25) is 5.95 Å². The second kappa shape index (κ2) is 7.63. The van der Waals surface area contributed by atoms with Crippen molar-refractivity contribution in [2.75, 3.05) is 24.9 Å². The standard InChI is InChI=1S/C20H20N6O3/c1-12-17(19(27)25-15-9-14(28-2)6-7-16(15)29-3)18(13-5-4-8-21-10-13)26-20(24-12)22-11-23-26/h4-11,18H,1-3H3,(H,25,27)(H,22,23,24)/t18-/m0/s1. The molecule has 0 saturated heterocycles. The molecule has 1 aliphatic heterocycles. The van der Waals surface area contributed by atoms with Crippen molar-refractivity contribution in [1.82, 2.24) is 19.7 Å². The first-order valence-corrected chi connectivity index (χ1v) is 8.93. The summed E-state index contributed by atoms with van der Waals surface area (Å²) < 4.78 is 12.3. The Labute approximate surface area is 167 Å². The molecule has 0 aliphatic carbocycles. The second-order valence-corrected chi connectivity index (χ2v) is 6.40. The molecular weight excluding hydrogens is 372 g/mol. The summed E-state index contributed by atoms with van der Waals surface area (Å²) in [5.74, 6) is 1.40. The molecule has 1 aromatic carbocycles. The zero-order chi connectivity index (χ0) is 20.4. The third-order valence-electron chi connectivity index (χ3n) is 4.69. The van der Waals surface area contributed by atoms with Gasteiger partial charge in [-0.1, -0.05) is 6.07 Å². The summed E-state index contributed by atoms with van der Waals surface area (Å²) in [5, 5.41) is 10.4. The highest BCUT2D eigenvalue weighted by molar-refractivity contribution is 6.06. The van der Waals surface area contributed by atoms with Gasteiger partial charge in [-0.15, -0.1) is 0 Å². The Morgan fingerprint density at radius 2 is 2.10 bits per heavy atom. The molecule has 2 aromatic heterocycles. The summed E-state index contributed by atoms with van der Waals surface area (Å²) in [4.78, 5) is 21.8. The van der Waals surface area contributed by atoms with Gasteiger partial charge in [0.25, 0.3) is 5.91 Å². The summed E-state index contributed by atoms with van der Waals surface area (Å²) in [6, 6.07) is 8.47. The molecule has 0 radical (unpaired) electrons. The lowest BCUT2D eigenvalue weighted by molar-refractivity contribution is -0.113. The van der Waals surface area contributed by atoms with Gasteiger partial charge in [-0.2, -0.15) is 10.1 Å². The van der Waals surface area contributed by atoms with Gasteiger partial charge in [-0.05, 0) is 30.7 Å². The number of aromatic nitrogens is 4. The van der Waals surface area contributed by atoms with Gasteiger partial charge in [0.15, 0.2) is 0 Å². The number of fused-ring (bicyclic) bond motifs is 1. The third-order valence-corrected chi connectivity index (χ3v) is 4.69. The first-order chi connectivity index (χ1) is 14.1. The number of nitrogens with zero attached hydrogens (tertiary/aromatic N) is 4. The molecule has 0 unspecified atom stereocenters. The molecule has 29 heavy (non-hydrogen) atoms. The number of anilines is 2. The Morgan fingerprint density at radius 3 is 2.83 bits per heavy atom. The SMILES string of the molecule is COc1ccc(OC)c(NC(=O)C2=C(C)Nc3ncnn3[C@H]2c2cccnc2)c1. The van der Waals surface area contributed by atoms with E-state index in [0.29, 0.717) is 34.4 Å². The van der Waals surface area contributed by atoms with E-state index in [1.165, 1.54) is 6.33 Å². The smallest absolute Gasteiger partial charge is 0.255 e. The van der Waals surface area contributed by atoms with Gasteiger partial charge in [0.1, 0.15) is 23.9 Å².